The second-order valence-corrected chi connectivity index (χ2v) is 2.61. The van der Waals surface area contributed by atoms with E-state index in [1.54, 1.807) is 0 Å². The Hall–Kier alpha value is -0.720. The maximum Gasteiger partial charge on any atom is 0.00401 e. The number of aromatic amines is 1. The molecule has 0 spiro atoms. The lowest BCUT2D eigenvalue weighted by molar-refractivity contribution is 0.905. The lowest BCUT2D eigenvalue weighted by Gasteiger charge is -1.96. The molecule has 0 saturated carbocycles. The van der Waals surface area contributed by atoms with Gasteiger partial charge in [-0.1, -0.05) is 20.3 Å². The molecule has 0 saturated heterocycles. The molecular weight excluding hydrogens is 122 g/mol. The van der Waals surface area contributed by atoms with Crippen LogP contribution in [0.3, 0.4) is 0 Å². The van der Waals surface area contributed by atoms with Gasteiger partial charge in [0.05, 0.1) is 0 Å². The maximum atomic E-state index is 3.13. The normalized spacial score (nSPS) is 10.2. The standard InChI is InChI=1S/C9H15N/c1-3-5-9-7-10-6-8(9)4-2/h6-7,10H,3-5H2,1-2H3. The van der Waals surface area contributed by atoms with Crippen molar-refractivity contribution in [2.45, 2.75) is 33.1 Å². The highest BCUT2D eigenvalue weighted by molar-refractivity contribution is 5.22. The molecule has 1 aromatic heterocycles. The molecule has 0 aromatic carbocycles. The molecule has 0 bridgehead atoms. The number of rotatable bonds is 3. The lowest BCUT2D eigenvalue weighted by atomic mass is 10.1. The summed E-state index contributed by atoms with van der Waals surface area (Å²) >= 11 is 0. The third-order valence-corrected chi connectivity index (χ3v) is 1.83. The van der Waals surface area contributed by atoms with E-state index in [9.17, 15) is 0 Å². The summed E-state index contributed by atoms with van der Waals surface area (Å²) in [6.45, 7) is 4.41. The van der Waals surface area contributed by atoms with Crippen LogP contribution >= 0.6 is 0 Å². The Labute approximate surface area is 62.5 Å². The molecular formula is C9H15N. The van der Waals surface area contributed by atoms with Crippen molar-refractivity contribution < 1.29 is 0 Å². The van der Waals surface area contributed by atoms with E-state index in [-0.39, 0.29) is 0 Å². The van der Waals surface area contributed by atoms with Gasteiger partial charge < -0.3 is 4.98 Å². The fourth-order valence-electron chi connectivity index (χ4n) is 1.26. The van der Waals surface area contributed by atoms with Gasteiger partial charge in [-0.3, -0.25) is 0 Å². The molecule has 10 heavy (non-hydrogen) atoms. The van der Waals surface area contributed by atoms with Crippen LogP contribution in [-0.2, 0) is 12.8 Å². The molecule has 0 radical (unpaired) electrons. The van der Waals surface area contributed by atoms with Gasteiger partial charge in [-0.05, 0) is 24.0 Å². The summed E-state index contributed by atoms with van der Waals surface area (Å²) in [5.74, 6) is 0. The van der Waals surface area contributed by atoms with Crippen molar-refractivity contribution in [2.24, 2.45) is 0 Å². The van der Waals surface area contributed by atoms with E-state index < -0.39 is 0 Å². The smallest absolute Gasteiger partial charge is 0.00401 e. The van der Waals surface area contributed by atoms with Crippen LogP contribution in [0.25, 0.3) is 0 Å². The van der Waals surface area contributed by atoms with E-state index in [1.165, 1.54) is 24.0 Å². The maximum absolute atomic E-state index is 3.13. The fraction of sp³-hybridized carbons (Fsp3) is 0.556. The van der Waals surface area contributed by atoms with Crippen molar-refractivity contribution in [2.75, 3.05) is 0 Å². The van der Waals surface area contributed by atoms with Gasteiger partial charge in [-0.25, -0.2) is 0 Å². The number of aromatic nitrogens is 1. The summed E-state index contributed by atoms with van der Waals surface area (Å²) < 4.78 is 0. The van der Waals surface area contributed by atoms with Crippen LogP contribution in [0.4, 0.5) is 0 Å². The highest BCUT2D eigenvalue weighted by Crippen LogP contribution is 2.10. The van der Waals surface area contributed by atoms with Gasteiger partial charge in [-0.15, -0.1) is 0 Å². The molecule has 1 aromatic rings. The predicted octanol–water partition coefficient (Wildman–Crippen LogP) is 2.53. The number of H-pyrrole nitrogens is 1. The number of hydrogen-bond acceptors (Lipinski definition) is 0. The number of hydrogen-bond donors (Lipinski definition) is 1. The Morgan fingerprint density at radius 3 is 2.50 bits per heavy atom. The Kier molecular flexibility index (Phi) is 2.55. The zero-order chi connectivity index (χ0) is 7.40. The molecule has 0 aliphatic carbocycles. The Bertz CT molecular complexity index is 188. The second kappa shape index (κ2) is 3.45. The van der Waals surface area contributed by atoms with Crippen molar-refractivity contribution in [3.05, 3.63) is 23.5 Å². The van der Waals surface area contributed by atoms with Crippen LogP contribution in [0.15, 0.2) is 12.4 Å². The van der Waals surface area contributed by atoms with E-state index in [0.717, 1.165) is 6.42 Å². The molecule has 0 aliphatic rings. The summed E-state index contributed by atoms with van der Waals surface area (Å²) in [5.41, 5.74) is 2.96. The van der Waals surface area contributed by atoms with Crippen LogP contribution in [0, 0.1) is 0 Å². The lowest BCUT2D eigenvalue weighted by Crippen LogP contribution is -1.85. The predicted molar refractivity (Wildman–Crippen MR) is 44.2 cm³/mol. The first kappa shape index (κ1) is 7.39. The molecule has 1 heterocycles. The molecule has 0 amide bonds. The average molecular weight is 137 g/mol. The van der Waals surface area contributed by atoms with Gasteiger partial charge in [0.2, 0.25) is 0 Å². The van der Waals surface area contributed by atoms with E-state index in [2.05, 4.69) is 31.2 Å². The molecule has 0 aliphatic heterocycles. The first-order valence-corrected chi connectivity index (χ1v) is 4.03. The van der Waals surface area contributed by atoms with Crippen molar-refractivity contribution in [1.29, 1.82) is 0 Å². The Balaban J connectivity index is 2.70. The Morgan fingerprint density at radius 1 is 1.20 bits per heavy atom. The second-order valence-electron chi connectivity index (χ2n) is 2.61. The number of nitrogens with one attached hydrogen (secondary N) is 1. The largest absolute Gasteiger partial charge is 0.367 e. The van der Waals surface area contributed by atoms with Gasteiger partial charge >= 0.3 is 0 Å². The number of aryl methyl sites for hydroxylation is 2. The zero-order valence-electron chi connectivity index (χ0n) is 6.78. The van der Waals surface area contributed by atoms with Gasteiger partial charge in [0.15, 0.2) is 0 Å². The fourth-order valence-corrected chi connectivity index (χ4v) is 1.26. The molecule has 1 nitrogen and oxygen atoms in total. The molecule has 0 fully saturated rings. The zero-order valence-corrected chi connectivity index (χ0v) is 6.78. The molecule has 56 valence electrons. The summed E-state index contributed by atoms with van der Waals surface area (Å²) in [4.78, 5) is 3.13. The van der Waals surface area contributed by atoms with Crippen LogP contribution in [0.5, 0.6) is 0 Å². The van der Waals surface area contributed by atoms with E-state index in [4.69, 9.17) is 0 Å². The van der Waals surface area contributed by atoms with Crippen molar-refractivity contribution in [3.8, 4) is 0 Å². The van der Waals surface area contributed by atoms with Gasteiger partial charge in [0.25, 0.3) is 0 Å². The molecule has 1 N–H and O–H groups in total. The highest BCUT2D eigenvalue weighted by Gasteiger charge is 1.98. The minimum Gasteiger partial charge on any atom is -0.367 e. The molecule has 0 atom stereocenters. The van der Waals surface area contributed by atoms with Crippen molar-refractivity contribution in [3.63, 3.8) is 0 Å². The average Bonchev–Trinajstić information content (AvgIpc) is 2.36. The monoisotopic (exact) mass is 137 g/mol. The van der Waals surface area contributed by atoms with E-state index >= 15 is 0 Å². The third-order valence-electron chi connectivity index (χ3n) is 1.83. The minimum absolute atomic E-state index is 1.15. The molecule has 1 heteroatoms. The molecule has 0 unspecified atom stereocenters. The summed E-state index contributed by atoms with van der Waals surface area (Å²) in [6.07, 6.45) is 7.82. The van der Waals surface area contributed by atoms with Crippen LogP contribution in [-0.4, -0.2) is 4.98 Å². The van der Waals surface area contributed by atoms with Crippen LogP contribution in [0.2, 0.25) is 0 Å². The highest BCUT2D eigenvalue weighted by atomic mass is 14.6. The summed E-state index contributed by atoms with van der Waals surface area (Å²) in [6, 6.07) is 0. The van der Waals surface area contributed by atoms with Gasteiger partial charge in [0.1, 0.15) is 0 Å². The quantitative estimate of drug-likeness (QED) is 0.659. The Morgan fingerprint density at radius 2 is 1.90 bits per heavy atom. The van der Waals surface area contributed by atoms with Gasteiger partial charge in [-0.2, -0.15) is 0 Å². The first-order valence-electron chi connectivity index (χ1n) is 4.03. The van der Waals surface area contributed by atoms with E-state index in [1.807, 2.05) is 0 Å². The van der Waals surface area contributed by atoms with Crippen molar-refractivity contribution in [1.82, 2.24) is 4.98 Å². The van der Waals surface area contributed by atoms with E-state index in [0.29, 0.717) is 0 Å². The van der Waals surface area contributed by atoms with Crippen LogP contribution < -0.4 is 0 Å². The third kappa shape index (κ3) is 1.41. The SMILES string of the molecule is CCCc1c[nH]cc1CC. The molecule has 1 rings (SSSR count). The topological polar surface area (TPSA) is 15.8 Å². The van der Waals surface area contributed by atoms with Gasteiger partial charge in [0, 0.05) is 12.4 Å². The summed E-state index contributed by atoms with van der Waals surface area (Å²) in [5, 5.41) is 0. The first-order chi connectivity index (χ1) is 4.88. The minimum atomic E-state index is 1.15. The van der Waals surface area contributed by atoms with Crippen molar-refractivity contribution >= 4 is 0 Å². The summed E-state index contributed by atoms with van der Waals surface area (Å²) in [7, 11) is 0. The van der Waals surface area contributed by atoms with Crippen LogP contribution in [0.1, 0.15) is 31.4 Å².